The van der Waals surface area contributed by atoms with E-state index >= 15 is 0 Å². The van der Waals surface area contributed by atoms with Crippen LogP contribution in [0.2, 0.25) is 0 Å². The molecule has 20 heavy (non-hydrogen) atoms. The smallest absolute Gasteiger partial charge is 0.274 e. The maximum Gasteiger partial charge on any atom is 0.274 e. The second kappa shape index (κ2) is 6.74. The highest BCUT2D eigenvalue weighted by Gasteiger charge is 2.18. The van der Waals surface area contributed by atoms with Crippen LogP contribution in [0.15, 0.2) is 18.2 Å². The fourth-order valence-corrected chi connectivity index (χ4v) is 2.23. The molecule has 0 aromatic heterocycles. The number of benzene rings is 1. The highest BCUT2D eigenvalue weighted by Crippen LogP contribution is 2.19. The van der Waals surface area contributed by atoms with E-state index in [1.54, 1.807) is 0 Å². The van der Waals surface area contributed by atoms with Gasteiger partial charge in [-0.25, -0.2) is 4.39 Å². The lowest BCUT2D eigenvalue weighted by molar-refractivity contribution is -0.385. The van der Waals surface area contributed by atoms with Gasteiger partial charge in [0.2, 0.25) is 0 Å². The van der Waals surface area contributed by atoms with E-state index < -0.39 is 10.7 Å². The largest absolute Gasteiger partial charge is 0.374 e. The van der Waals surface area contributed by atoms with Gasteiger partial charge in [0.05, 0.1) is 17.6 Å². The van der Waals surface area contributed by atoms with Crippen molar-refractivity contribution in [2.24, 2.45) is 0 Å². The van der Waals surface area contributed by atoms with Crippen LogP contribution < -0.4 is 5.32 Å². The molecule has 1 atom stereocenters. The first-order valence-electron chi connectivity index (χ1n) is 6.50. The second-order valence-electron chi connectivity index (χ2n) is 4.92. The number of nitrogens with one attached hydrogen (secondary N) is 1. The third-order valence-electron chi connectivity index (χ3n) is 3.27. The molecule has 1 aromatic rings. The molecule has 1 aliphatic rings. The maximum absolute atomic E-state index is 13.2. The number of hydrogen-bond donors (Lipinski definition) is 1. The summed E-state index contributed by atoms with van der Waals surface area (Å²) in [4.78, 5) is 12.5. The van der Waals surface area contributed by atoms with Crippen LogP contribution >= 0.6 is 0 Å². The Bertz CT molecular complexity index is 484. The highest BCUT2D eigenvalue weighted by atomic mass is 19.1. The third kappa shape index (κ3) is 3.96. The maximum atomic E-state index is 13.2. The number of nitro benzene ring substituents is 1. The van der Waals surface area contributed by atoms with E-state index in [1.807, 2.05) is 7.05 Å². The molecule has 1 fully saturated rings. The molecule has 7 heteroatoms. The van der Waals surface area contributed by atoms with Crippen LogP contribution in [0.4, 0.5) is 10.1 Å². The number of likely N-dealkylation sites (N-methyl/N-ethyl adjacent to an activating group) is 1. The summed E-state index contributed by atoms with van der Waals surface area (Å²) in [5, 5.41) is 14.0. The summed E-state index contributed by atoms with van der Waals surface area (Å²) in [5.41, 5.74) is 0.278. The van der Waals surface area contributed by atoms with Gasteiger partial charge < -0.3 is 15.0 Å². The molecular weight excluding hydrogens is 265 g/mol. The first kappa shape index (κ1) is 14.8. The summed E-state index contributed by atoms with van der Waals surface area (Å²) in [6.45, 7) is 3.24. The van der Waals surface area contributed by atoms with Gasteiger partial charge in [0.15, 0.2) is 0 Å². The predicted octanol–water partition coefficient (Wildman–Crippen LogP) is 1.15. The standard InChI is InChI=1S/C13H18FN3O3/c1-16-4-5-20-12(9-16)8-15-7-10-6-11(14)2-3-13(10)17(18)19/h2-3,6,12,15H,4-5,7-9H2,1H3. The molecule has 2 rings (SSSR count). The number of morpholine rings is 1. The van der Waals surface area contributed by atoms with Gasteiger partial charge in [-0.3, -0.25) is 10.1 Å². The molecule has 0 saturated carbocycles. The summed E-state index contributed by atoms with van der Waals surface area (Å²) < 4.78 is 18.7. The van der Waals surface area contributed by atoms with Crippen LogP contribution in [-0.4, -0.2) is 49.2 Å². The van der Waals surface area contributed by atoms with Gasteiger partial charge in [-0.05, 0) is 19.2 Å². The Morgan fingerprint density at radius 2 is 2.40 bits per heavy atom. The summed E-state index contributed by atoms with van der Waals surface area (Å²) in [6, 6.07) is 3.48. The first-order chi connectivity index (χ1) is 9.56. The normalized spacial score (nSPS) is 20.0. The molecule has 0 aliphatic carbocycles. The zero-order chi connectivity index (χ0) is 14.5. The Kier molecular flexibility index (Phi) is 4.99. The number of halogens is 1. The SMILES string of the molecule is CN1CCOC(CNCc2cc(F)ccc2[N+](=O)[O-])C1. The van der Waals surface area contributed by atoms with Gasteiger partial charge in [-0.2, -0.15) is 0 Å². The van der Waals surface area contributed by atoms with Crippen molar-refractivity contribution in [3.8, 4) is 0 Å². The zero-order valence-corrected chi connectivity index (χ0v) is 11.3. The average Bonchev–Trinajstić information content (AvgIpc) is 2.38. The molecule has 0 amide bonds. The third-order valence-corrected chi connectivity index (χ3v) is 3.27. The Labute approximate surface area is 116 Å². The van der Waals surface area contributed by atoms with Gasteiger partial charge in [0, 0.05) is 37.8 Å². The van der Waals surface area contributed by atoms with E-state index in [0.717, 1.165) is 19.2 Å². The van der Waals surface area contributed by atoms with E-state index in [4.69, 9.17) is 4.74 Å². The quantitative estimate of drug-likeness (QED) is 0.648. The van der Waals surface area contributed by atoms with Crippen LogP contribution in [0.5, 0.6) is 0 Å². The number of nitro groups is 1. The second-order valence-corrected chi connectivity index (χ2v) is 4.92. The monoisotopic (exact) mass is 283 g/mol. The van der Waals surface area contributed by atoms with Crippen molar-refractivity contribution >= 4 is 5.69 Å². The minimum Gasteiger partial charge on any atom is -0.374 e. The molecule has 1 saturated heterocycles. The van der Waals surface area contributed by atoms with Crippen molar-refractivity contribution in [2.45, 2.75) is 12.6 Å². The Balaban J connectivity index is 1.90. The summed E-state index contributed by atoms with van der Waals surface area (Å²) in [7, 11) is 2.02. The Morgan fingerprint density at radius 3 is 3.10 bits per heavy atom. The van der Waals surface area contributed by atoms with E-state index in [-0.39, 0.29) is 18.3 Å². The Morgan fingerprint density at radius 1 is 1.60 bits per heavy atom. The van der Waals surface area contributed by atoms with E-state index in [1.165, 1.54) is 12.1 Å². The molecular formula is C13H18FN3O3. The molecule has 110 valence electrons. The van der Waals surface area contributed by atoms with Crippen LogP contribution in [0, 0.1) is 15.9 Å². The number of hydrogen-bond acceptors (Lipinski definition) is 5. The lowest BCUT2D eigenvalue weighted by Crippen LogP contribution is -2.44. The van der Waals surface area contributed by atoms with Crippen LogP contribution in [0.1, 0.15) is 5.56 Å². The van der Waals surface area contributed by atoms with Gasteiger partial charge >= 0.3 is 0 Å². The molecule has 1 heterocycles. The fraction of sp³-hybridized carbons (Fsp3) is 0.538. The average molecular weight is 283 g/mol. The minimum absolute atomic E-state index is 0.0568. The summed E-state index contributed by atoms with van der Waals surface area (Å²) in [5.74, 6) is -0.471. The number of nitrogens with zero attached hydrogens (tertiary/aromatic N) is 2. The Hall–Kier alpha value is -1.57. The number of ether oxygens (including phenoxy) is 1. The molecule has 6 nitrogen and oxygen atoms in total. The van der Waals surface area contributed by atoms with Crippen LogP contribution in [0.3, 0.4) is 0 Å². The van der Waals surface area contributed by atoms with E-state index in [2.05, 4.69) is 10.2 Å². The van der Waals surface area contributed by atoms with Crippen molar-refractivity contribution in [1.29, 1.82) is 0 Å². The van der Waals surface area contributed by atoms with E-state index in [9.17, 15) is 14.5 Å². The lowest BCUT2D eigenvalue weighted by atomic mass is 10.1. The van der Waals surface area contributed by atoms with Gasteiger partial charge in [-0.15, -0.1) is 0 Å². The van der Waals surface area contributed by atoms with Crippen molar-refractivity contribution in [2.75, 3.05) is 33.3 Å². The molecule has 0 radical (unpaired) electrons. The molecule has 0 spiro atoms. The van der Waals surface area contributed by atoms with E-state index in [0.29, 0.717) is 18.7 Å². The van der Waals surface area contributed by atoms with Crippen molar-refractivity contribution in [3.63, 3.8) is 0 Å². The van der Waals surface area contributed by atoms with Gasteiger partial charge in [0.25, 0.3) is 5.69 Å². The summed E-state index contributed by atoms with van der Waals surface area (Å²) >= 11 is 0. The van der Waals surface area contributed by atoms with Gasteiger partial charge in [-0.1, -0.05) is 0 Å². The minimum atomic E-state index is -0.499. The topological polar surface area (TPSA) is 67.6 Å². The molecule has 1 aliphatic heterocycles. The molecule has 1 unspecified atom stereocenters. The highest BCUT2D eigenvalue weighted by molar-refractivity contribution is 5.40. The first-order valence-corrected chi connectivity index (χ1v) is 6.50. The molecule has 1 N–H and O–H groups in total. The van der Waals surface area contributed by atoms with Gasteiger partial charge in [0.1, 0.15) is 5.82 Å². The summed E-state index contributed by atoms with van der Waals surface area (Å²) in [6.07, 6.45) is 0.0568. The lowest BCUT2D eigenvalue weighted by Gasteiger charge is -2.30. The molecule has 1 aromatic carbocycles. The predicted molar refractivity (Wildman–Crippen MR) is 72.0 cm³/mol. The van der Waals surface area contributed by atoms with Crippen molar-refractivity contribution in [1.82, 2.24) is 10.2 Å². The van der Waals surface area contributed by atoms with Crippen molar-refractivity contribution < 1.29 is 14.1 Å². The van der Waals surface area contributed by atoms with Crippen LogP contribution in [-0.2, 0) is 11.3 Å². The fourth-order valence-electron chi connectivity index (χ4n) is 2.23. The number of rotatable bonds is 5. The van der Waals surface area contributed by atoms with Crippen molar-refractivity contribution in [3.05, 3.63) is 39.7 Å². The zero-order valence-electron chi connectivity index (χ0n) is 11.3. The molecule has 0 bridgehead atoms. The van der Waals surface area contributed by atoms with Crippen LogP contribution in [0.25, 0.3) is 0 Å².